The van der Waals surface area contributed by atoms with Crippen molar-refractivity contribution in [3.05, 3.63) is 29.8 Å². The van der Waals surface area contributed by atoms with Gasteiger partial charge in [-0.2, -0.15) is 0 Å². The number of rotatable bonds is 4. The molecule has 0 aliphatic carbocycles. The quantitative estimate of drug-likeness (QED) is 0.320. The summed E-state index contributed by atoms with van der Waals surface area (Å²) in [7, 11) is 0. The molecule has 1 aromatic carbocycles. The van der Waals surface area contributed by atoms with Gasteiger partial charge in [0, 0.05) is 5.69 Å². The molecule has 92 valence electrons. The predicted molar refractivity (Wildman–Crippen MR) is 67.0 cm³/mol. The molecule has 1 aromatic rings. The highest BCUT2D eigenvalue weighted by atomic mass is 16.4. The summed E-state index contributed by atoms with van der Waals surface area (Å²) in [6.07, 6.45) is 0.902. The maximum absolute atomic E-state index is 11.7. The van der Waals surface area contributed by atoms with Gasteiger partial charge in [0.25, 0.3) is 0 Å². The lowest BCUT2D eigenvalue weighted by Gasteiger charge is -2.11. The molecular formula is C12H17N3O2. The van der Waals surface area contributed by atoms with Gasteiger partial charge in [-0.25, -0.2) is 0 Å². The van der Waals surface area contributed by atoms with Gasteiger partial charge in [-0.3, -0.25) is 4.79 Å². The minimum absolute atomic E-state index is 0.103. The number of oxime groups is 1. The lowest BCUT2D eigenvalue weighted by atomic mass is 10.1. The van der Waals surface area contributed by atoms with Gasteiger partial charge < -0.3 is 16.3 Å². The molecule has 0 aromatic heterocycles. The van der Waals surface area contributed by atoms with Gasteiger partial charge >= 0.3 is 0 Å². The first kappa shape index (κ1) is 13.0. The van der Waals surface area contributed by atoms with Crippen LogP contribution < -0.4 is 11.1 Å². The first-order chi connectivity index (χ1) is 8.08. The Labute approximate surface area is 100 Å². The smallest absolute Gasteiger partial charge is 0.234 e. The molecule has 0 bridgehead atoms. The molecule has 0 saturated carbocycles. The zero-order valence-corrected chi connectivity index (χ0v) is 9.97. The number of benzene rings is 1. The van der Waals surface area contributed by atoms with Gasteiger partial charge in [0.05, 0.1) is 5.92 Å². The van der Waals surface area contributed by atoms with Crippen LogP contribution in [-0.2, 0) is 11.2 Å². The van der Waals surface area contributed by atoms with Crippen molar-refractivity contribution in [3.63, 3.8) is 0 Å². The summed E-state index contributed by atoms with van der Waals surface area (Å²) in [5.41, 5.74) is 7.22. The molecule has 5 nitrogen and oxygen atoms in total. The average Bonchev–Trinajstić information content (AvgIpc) is 2.37. The fraction of sp³-hybridized carbons (Fsp3) is 0.333. The lowest BCUT2D eigenvalue weighted by molar-refractivity contribution is -0.117. The molecule has 0 saturated heterocycles. The SMILES string of the molecule is CCc1cccc(NC(=O)C(C)/C(N)=N/O)c1. The maximum Gasteiger partial charge on any atom is 0.234 e. The Kier molecular flexibility index (Phi) is 4.51. The highest BCUT2D eigenvalue weighted by Crippen LogP contribution is 2.12. The van der Waals surface area contributed by atoms with Crippen LogP contribution in [0.1, 0.15) is 19.4 Å². The molecular weight excluding hydrogens is 218 g/mol. The molecule has 0 aliphatic rings. The molecule has 0 spiro atoms. The zero-order chi connectivity index (χ0) is 12.8. The van der Waals surface area contributed by atoms with Crippen LogP contribution in [0.4, 0.5) is 5.69 Å². The van der Waals surface area contributed by atoms with Crippen molar-refractivity contribution >= 4 is 17.4 Å². The van der Waals surface area contributed by atoms with Crippen molar-refractivity contribution in [3.8, 4) is 0 Å². The van der Waals surface area contributed by atoms with E-state index in [0.717, 1.165) is 12.0 Å². The zero-order valence-electron chi connectivity index (χ0n) is 9.97. The molecule has 1 rings (SSSR count). The number of nitrogens with zero attached hydrogens (tertiary/aromatic N) is 1. The Morgan fingerprint density at radius 3 is 2.88 bits per heavy atom. The summed E-state index contributed by atoms with van der Waals surface area (Å²) in [6.45, 7) is 3.62. The van der Waals surface area contributed by atoms with Crippen LogP contribution in [0.15, 0.2) is 29.4 Å². The van der Waals surface area contributed by atoms with Crippen LogP contribution in [0.2, 0.25) is 0 Å². The molecule has 0 fully saturated rings. The van der Waals surface area contributed by atoms with Gasteiger partial charge in [-0.15, -0.1) is 0 Å². The van der Waals surface area contributed by atoms with Crippen molar-refractivity contribution in [1.82, 2.24) is 0 Å². The number of aryl methyl sites for hydroxylation is 1. The van der Waals surface area contributed by atoms with Crippen molar-refractivity contribution in [2.45, 2.75) is 20.3 Å². The molecule has 1 amide bonds. The molecule has 17 heavy (non-hydrogen) atoms. The van der Waals surface area contributed by atoms with E-state index in [1.165, 1.54) is 0 Å². The number of carbonyl (C=O) groups excluding carboxylic acids is 1. The van der Waals surface area contributed by atoms with Gasteiger partial charge in [0.15, 0.2) is 5.84 Å². The first-order valence-electron chi connectivity index (χ1n) is 5.45. The average molecular weight is 235 g/mol. The Bertz CT molecular complexity index is 430. The van der Waals surface area contributed by atoms with Crippen molar-refractivity contribution in [2.24, 2.45) is 16.8 Å². The van der Waals surface area contributed by atoms with E-state index in [0.29, 0.717) is 5.69 Å². The van der Waals surface area contributed by atoms with Gasteiger partial charge in [0.1, 0.15) is 0 Å². The van der Waals surface area contributed by atoms with Crippen LogP contribution in [-0.4, -0.2) is 17.0 Å². The van der Waals surface area contributed by atoms with Crippen molar-refractivity contribution in [1.29, 1.82) is 0 Å². The topological polar surface area (TPSA) is 87.7 Å². The van der Waals surface area contributed by atoms with E-state index >= 15 is 0 Å². The highest BCUT2D eigenvalue weighted by Gasteiger charge is 2.17. The summed E-state index contributed by atoms with van der Waals surface area (Å²) in [6, 6.07) is 7.57. The van der Waals surface area contributed by atoms with Crippen LogP contribution in [0.5, 0.6) is 0 Å². The second-order valence-corrected chi connectivity index (χ2v) is 3.79. The van der Waals surface area contributed by atoms with Crippen LogP contribution in [0.3, 0.4) is 0 Å². The van der Waals surface area contributed by atoms with Crippen LogP contribution >= 0.6 is 0 Å². The lowest BCUT2D eigenvalue weighted by Crippen LogP contribution is -2.32. The summed E-state index contributed by atoms with van der Waals surface area (Å²) in [5.74, 6) is -1.06. The van der Waals surface area contributed by atoms with Crippen molar-refractivity contribution < 1.29 is 10.0 Å². The van der Waals surface area contributed by atoms with Crippen LogP contribution in [0.25, 0.3) is 0 Å². The monoisotopic (exact) mass is 235 g/mol. The highest BCUT2D eigenvalue weighted by molar-refractivity contribution is 6.07. The van der Waals surface area contributed by atoms with E-state index < -0.39 is 5.92 Å². The molecule has 1 unspecified atom stereocenters. The molecule has 0 aliphatic heterocycles. The second kappa shape index (κ2) is 5.89. The number of nitrogens with two attached hydrogens (primary N) is 1. The summed E-state index contributed by atoms with van der Waals surface area (Å²) in [4.78, 5) is 11.7. The fourth-order valence-electron chi connectivity index (χ4n) is 1.34. The van der Waals surface area contributed by atoms with E-state index in [1.807, 2.05) is 25.1 Å². The van der Waals surface area contributed by atoms with E-state index in [9.17, 15) is 4.79 Å². The Morgan fingerprint density at radius 1 is 1.59 bits per heavy atom. The van der Waals surface area contributed by atoms with Gasteiger partial charge in [0.2, 0.25) is 5.91 Å². The Hall–Kier alpha value is -2.04. The largest absolute Gasteiger partial charge is 0.409 e. The normalized spacial score (nSPS) is 13.2. The van der Waals surface area contributed by atoms with Crippen LogP contribution in [0, 0.1) is 5.92 Å². The maximum atomic E-state index is 11.7. The van der Waals surface area contributed by atoms with E-state index in [1.54, 1.807) is 13.0 Å². The second-order valence-electron chi connectivity index (χ2n) is 3.79. The summed E-state index contributed by atoms with van der Waals surface area (Å²) < 4.78 is 0. The fourth-order valence-corrected chi connectivity index (χ4v) is 1.34. The minimum atomic E-state index is -0.662. The number of carbonyl (C=O) groups is 1. The number of nitrogens with one attached hydrogen (secondary N) is 1. The predicted octanol–water partition coefficient (Wildman–Crippen LogP) is 1.57. The first-order valence-corrected chi connectivity index (χ1v) is 5.45. The molecule has 4 N–H and O–H groups in total. The van der Waals surface area contributed by atoms with Gasteiger partial charge in [-0.1, -0.05) is 24.2 Å². The summed E-state index contributed by atoms with van der Waals surface area (Å²) in [5, 5.41) is 14.0. The van der Waals surface area contributed by atoms with E-state index in [4.69, 9.17) is 10.9 Å². The molecule has 5 heteroatoms. The molecule has 0 heterocycles. The number of hydrogen-bond donors (Lipinski definition) is 3. The Morgan fingerprint density at radius 2 is 2.29 bits per heavy atom. The number of hydrogen-bond acceptors (Lipinski definition) is 3. The van der Waals surface area contributed by atoms with Gasteiger partial charge in [-0.05, 0) is 31.0 Å². The third kappa shape index (κ3) is 3.48. The number of amidine groups is 1. The molecule has 1 atom stereocenters. The van der Waals surface area contributed by atoms with Crippen molar-refractivity contribution in [2.75, 3.05) is 5.32 Å². The molecule has 0 radical (unpaired) electrons. The number of anilines is 1. The Balaban J connectivity index is 2.74. The summed E-state index contributed by atoms with van der Waals surface area (Å²) >= 11 is 0. The minimum Gasteiger partial charge on any atom is -0.409 e. The third-order valence-electron chi connectivity index (χ3n) is 2.56. The van der Waals surface area contributed by atoms with E-state index in [-0.39, 0.29) is 11.7 Å². The number of amides is 1. The standard InChI is InChI=1S/C12H17N3O2/c1-3-9-5-4-6-10(7-9)14-12(16)8(2)11(13)15-17/h4-8,17H,3H2,1-2H3,(H2,13,15)(H,14,16). The third-order valence-corrected chi connectivity index (χ3v) is 2.56. The van der Waals surface area contributed by atoms with E-state index in [2.05, 4.69) is 10.5 Å².